The molecule has 37 heavy (non-hydrogen) atoms. The predicted octanol–water partition coefficient (Wildman–Crippen LogP) is 3.10. The second-order valence-corrected chi connectivity index (χ2v) is 8.39. The largest absolute Gasteiger partial charge is 0.478 e. The van der Waals surface area contributed by atoms with Crippen molar-refractivity contribution >= 4 is 35.1 Å². The first-order valence-corrected chi connectivity index (χ1v) is 11.2. The number of nitrogens with zero attached hydrogens (tertiary/aromatic N) is 2. The minimum Gasteiger partial charge on any atom is -0.478 e. The number of nitrogens with one attached hydrogen (secondary N) is 1. The maximum Gasteiger partial charge on any atom is 0.417 e. The van der Waals surface area contributed by atoms with Crippen molar-refractivity contribution in [2.45, 2.75) is 32.0 Å². The molecular formula is C24H24F4N4O5. The van der Waals surface area contributed by atoms with Crippen molar-refractivity contribution in [1.29, 1.82) is 0 Å². The first kappa shape index (κ1) is 27.4. The van der Waals surface area contributed by atoms with E-state index >= 15 is 0 Å². The highest BCUT2D eigenvalue weighted by atomic mass is 19.4. The van der Waals surface area contributed by atoms with Gasteiger partial charge in [0.2, 0.25) is 11.8 Å². The molecule has 0 aromatic heterocycles. The smallest absolute Gasteiger partial charge is 0.417 e. The van der Waals surface area contributed by atoms with E-state index in [1.165, 1.54) is 18.2 Å². The molecule has 0 aliphatic carbocycles. The lowest BCUT2D eigenvalue weighted by Gasteiger charge is -2.45. The number of halogens is 4. The number of carboxylic acid groups (broad SMARTS) is 1. The van der Waals surface area contributed by atoms with Crippen LogP contribution in [-0.4, -0.2) is 59.4 Å². The number of hydrogen-bond acceptors (Lipinski definition) is 5. The molecule has 1 saturated heterocycles. The van der Waals surface area contributed by atoms with Gasteiger partial charge in [-0.15, -0.1) is 0 Å². The zero-order valence-electron chi connectivity index (χ0n) is 19.6. The molecule has 0 saturated carbocycles. The fourth-order valence-corrected chi connectivity index (χ4v) is 4.07. The van der Waals surface area contributed by atoms with Gasteiger partial charge in [0, 0.05) is 19.5 Å². The van der Waals surface area contributed by atoms with Crippen LogP contribution in [0.25, 0.3) is 0 Å². The molecule has 2 aliphatic rings. The van der Waals surface area contributed by atoms with E-state index in [0.717, 1.165) is 11.3 Å². The molecule has 4 rings (SSSR count). The molecule has 2 aromatic rings. The van der Waals surface area contributed by atoms with Crippen LogP contribution in [0.4, 0.5) is 28.9 Å². The maximum absolute atomic E-state index is 13.6. The van der Waals surface area contributed by atoms with Crippen molar-refractivity contribution in [3.05, 3.63) is 58.9 Å². The number of nitrogens with two attached hydrogens (primary N) is 1. The summed E-state index contributed by atoms with van der Waals surface area (Å²) >= 11 is 0. The number of alkyl halides is 3. The Morgan fingerprint density at radius 1 is 1.14 bits per heavy atom. The summed E-state index contributed by atoms with van der Waals surface area (Å²) in [6, 6.07) is 5.01. The number of anilines is 2. The number of fused-ring (bicyclic) bond motifs is 3. The zero-order chi connectivity index (χ0) is 27.5. The van der Waals surface area contributed by atoms with Gasteiger partial charge in [0.15, 0.2) is 0 Å². The Bertz CT molecular complexity index is 1230. The Balaban J connectivity index is 0.000000568. The van der Waals surface area contributed by atoms with Crippen LogP contribution in [0, 0.1) is 5.82 Å². The monoisotopic (exact) mass is 524 g/mol. The summed E-state index contributed by atoms with van der Waals surface area (Å²) in [5.74, 6) is -3.90. The highest BCUT2D eigenvalue weighted by molar-refractivity contribution is 6.06. The fraction of sp³-hybridized carbons (Fsp3) is 0.333. The maximum atomic E-state index is 13.6. The normalized spacial score (nSPS) is 16.6. The summed E-state index contributed by atoms with van der Waals surface area (Å²) in [6.45, 7) is 1.83. The van der Waals surface area contributed by atoms with Crippen molar-refractivity contribution < 1.29 is 41.8 Å². The summed E-state index contributed by atoms with van der Waals surface area (Å²) in [7, 11) is 0. The molecule has 2 aromatic carbocycles. The molecule has 1 unspecified atom stereocenters. The van der Waals surface area contributed by atoms with E-state index in [2.05, 4.69) is 5.32 Å². The molecule has 198 valence electrons. The summed E-state index contributed by atoms with van der Waals surface area (Å²) < 4.78 is 53.5. The van der Waals surface area contributed by atoms with Crippen molar-refractivity contribution in [3.8, 4) is 0 Å². The van der Waals surface area contributed by atoms with Crippen LogP contribution < -0.4 is 16.0 Å². The van der Waals surface area contributed by atoms with Gasteiger partial charge in [0.05, 0.1) is 34.6 Å². The summed E-state index contributed by atoms with van der Waals surface area (Å²) in [5, 5.41) is 11.7. The Labute approximate surface area is 208 Å². The van der Waals surface area contributed by atoms with Gasteiger partial charge in [-0.3, -0.25) is 14.4 Å². The van der Waals surface area contributed by atoms with Gasteiger partial charge < -0.3 is 26.0 Å². The Hall–Kier alpha value is -4.16. The number of amides is 3. The molecule has 13 heteroatoms. The molecule has 2 aliphatic heterocycles. The Morgan fingerprint density at radius 3 is 2.41 bits per heavy atom. The topological polar surface area (TPSA) is 133 Å². The summed E-state index contributed by atoms with van der Waals surface area (Å²) in [5.41, 5.74) is 3.52. The molecule has 0 radical (unpaired) electrons. The van der Waals surface area contributed by atoms with Crippen molar-refractivity contribution in [2.75, 3.05) is 29.9 Å². The average Bonchev–Trinajstić information content (AvgIpc) is 2.82. The van der Waals surface area contributed by atoms with Gasteiger partial charge >= 0.3 is 12.1 Å². The van der Waals surface area contributed by atoms with Crippen LogP contribution >= 0.6 is 0 Å². The first-order chi connectivity index (χ1) is 17.3. The lowest BCUT2D eigenvalue weighted by Crippen LogP contribution is -2.61. The number of aromatic carboxylic acids is 1. The van der Waals surface area contributed by atoms with Crippen molar-refractivity contribution in [3.63, 3.8) is 0 Å². The second kappa shape index (κ2) is 10.8. The van der Waals surface area contributed by atoms with Gasteiger partial charge in [0.1, 0.15) is 11.9 Å². The summed E-state index contributed by atoms with van der Waals surface area (Å²) in [4.78, 5) is 49.1. The lowest BCUT2D eigenvalue weighted by molar-refractivity contribution is -0.138. The third kappa shape index (κ3) is 6.16. The quantitative estimate of drug-likeness (QED) is 0.527. The molecule has 3 amide bonds. The SMILES string of the molecule is CCCC(N)=O.O=C(O)c1ccc2c(c1)NC(=O)C1CN(C(=O)c3cc(F)ccc3C(F)(F)F)CCN21. The van der Waals surface area contributed by atoms with Gasteiger partial charge in [-0.1, -0.05) is 6.92 Å². The first-order valence-electron chi connectivity index (χ1n) is 11.2. The average molecular weight is 524 g/mol. The van der Waals surface area contributed by atoms with E-state index in [1.807, 2.05) is 6.92 Å². The third-order valence-corrected chi connectivity index (χ3v) is 5.79. The predicted molar refractivity (Wildman–Crippen MR) is 125 cm³/mol. The number of rotatable bonds is 4. The Morgan fingerprint density at radius 2 is 1.84 bits per heavy atom. The molecule has 2 heterocycles. The summed E-state index contributed by atoms with van der Waals surface area (Å²) in [6.07, 6.45) is -3.47. The third-order valence-electron chi connectivity index (χ3n) is 5.79. The van der Waals surface area contributed by atoms with E-state index in [4.69, 9.17) is 10.8 Å². The zero-order valence-corrected chi connectivity index (χ0v) is 19.6. The number of hydrogen-bond donors (Lipinski definition) is 3. The van der Waals surface area contributed by atoms with Gasteiger partial charge in [0.25, 0.3) is 5.91 Å². The number of benzene rings is 2. The minimum atomic E-state index is -4.84. The lowest BCUT2D eigenvalue weighted by atomic mass is 10.0. The molecular weight excluding hydrogens is 500 g/mol. The van der Waals surface area contributed by atoms with E-state index < -0.39 is 46.9 Å². The second-order valence-electron chi connectivity index (χ2n) is 8.39. The van der Waals surface area contributed by atoms with Crippen LogP contribution in [0.5, 0.6) is 0 Å². The van der Waals surface area contributed by atoms with Crippen LogP contribution in [0.3, 0.4) is 0 Å². The highest BCUT2D eigenvalue weighted by Gasteiger charge is 2.41. The van der Waals surface area contributed by atoms with Crippen molar-refractivity contribution in [1.82, 2.24) is 4.90 Å². The number of primary amides is 1. The molecule has 1 fully saturated rings. The number of piperazine rings is 1. The van der Waals surface area contributed by atoms with Gasteiger partial charge in [-0.05, 0) is 42.8 Å². The van der Waals surface area contributed by atoms with E-state index in [1.54, 1.807) is 4.90 Å². The Kier molecular flexibility index (Phi) is 8.04. The highest BCUT2D eigenvalue weighted by Crippen LogP contribution is 2.36. The van der Waals surface area contributed by atoms with E-state index in [0.29, 0.717) is 36.0 Å². The fourth-order valence-electron chi connectivity index (χ4n) is 4.07. The van der Waals surface area contributed by atoms with Crippen LogP contribution in [0.1, 0.15) is 46.0 Å². The van der Waals surface area contributed by atoms with Gasteiger partial charge in [-0.2, -0.15) is 13.2 Å². The van der Waals surface area contributed by atoms with Crippen LogP contribution in [0.2, 0.25) is 0 Å². The standard InChI is InChI=1S/C20H15F4N3O4.C4H9NO/c21-11-2-3-13(20(22,23)24)12(8-11)18(29)26-5-6-27-15-4-1-10(19(30)31)7-14(15)25-17(28)16(27)9-26;1-2-3-4(5)6/h1-4,7-8,16H,5-6,9H2,(H,25,28)(H,30,31);2-3H2,1H3,(H2,5,6). The number of carboxylic acids is 1. The molecule has 0 bridgehead atoms. The number of carbonyl (C=O) groups excluding carboxylic acids is 3. The van der Waals surface area contributed by atoms with Gasteiger partial charge in [-0.25, -0.2) is 9.18 Å². The van der Waals surface area contributed by atoms with Crippen molar-refractivity contribution in [2.24, 2.45) is 5.73 Å². The van der Waals surface area contributed by atoms with Crippen LogP contribution in [-0.2, 0) is 15.8 Å². The molecule has 4 N–H and O–H groups in total. The van der Waals surface area contributed by atoms with E-state index in [-0.39, 0.29) is 31.1 Å². The molecule has 1 atom stereocenters. The van der Waals surface area contributed by atoms with E-state index in [9.17, 15) is 36.7 Å². The number of carbonyl (C=O) groups is 4. The minimum absolute atomic E-state index is 0.00343. The molecule has 0 spiro atoms. The van der Waals surface area contributed by atoms with Crippen LogP contribution in [0.15, 0.2) is 36.4 Å². The molecule has 9 nitrogen and oxygen atoms in total.